The molecule has 0 fully saturated rings. The summed E-state index contributed by atoms with van der Waals surface area (Å²) in [6.07, 6.45) is 2.02. The zero-order valence-electron chi connectivity index (χ0n) is 10.3. The molecular weight excluding hydrogens is 222 g/mol. The molecule has 0 aliphatic heterocycles. The summed E-state index contributed by atoms with van der Waals surface area (Å²) in [6.45, 7) is 2.83. The summed E-state index contributed by atoms with van der Waals surface area (Å²) < 4.78 is 2.16. The van der Waals surface area contributed by atoms with Gasteiger partial charge in [0, 0.05) is 18.1 Å². The highest BCUT2D eigenvalue weighted by Gasteiger charge is 2.06. The van der Waals surface area contributed by atoms with Gasteiger partial charge in [0.05, 0.1) is 5.52 Å². The minimum atomic E-state index is 0.358. The summed E-state index contributed by atoms with van der Waals surface area (Å²) in [5.74, 6) is 0.358. The van der Waals surface area contributed by atoms with Crippen molar-refractivity contribution in [3.8, 4) is 5.75 Å². The van der Waals surface area contributed by atoms with Gasteiger partial charge in [-0.3, -0.25) is 0 Å². The Kier molecular flexibility index (Phi) is 2.56. The van der Waals surface area contributed by atoms with Crippen molar-refractivity contribution in [2.75, 3.05) is 0 Å². The second-order valence-corrected chi connectivity index (χ2v) is 4.65. The highest BCUT2D eigenvalue weighted by Crippen LogP contribution is 2.27. The van der Waals surface area contributed by atoms with Gasteiger partial charge in [-0.25, -0.2) is 0 Å². The number of rotatable bonds is 2. The molecule has 90 valence electrons. The van der Waals surface area contributed by atoms with E-state index in [1.54, 1.807) is 6.07 Å². The first-order valence-electron chi connectivity index (χ1n) is 6.06. The van der Waals surface area contributed by atoms with Gasteiger partial charge < -0.3 is 9.67 Å². The Balaban J connectivity index is 2.08. The fraction of sp³-hybridized carbons (Fsp3) is 0.125. The van der Waals surface area contributed by atoms with E-state index in [0.717, 1.165) is 23.0 Å². The van der Waals surface area contributed by atoms with Crippen LogP contribution in [0.2, 0.25) is 0 Å². The lowest BCUT2D eigenvalue weighted by atomic mass is 10.1. The molecule has 0 aliphatic rings. The molecule has 0 amide bonds. The Labute approximate surface area is 106 Å². The molecule has 3 rings (SSSR count). The zero-order chi connectivity index (χ0) is 12.5. The van der Waals surface area contributed by atoms with Crippen molar-refractivity contribution in [3.63, 3.8) is 0 Å². The van der Waals surface area contributed by atoms with E-state index in [9.17, 15) is 5.11 Å². The van der Waals surface area contributed by atoms with E-state index >= 15 is 0 Å². The average Bonchev–Trinajstić information content (AvgIpc) is 2.74. The van der Waals surface area contributed by atoms with Crippen LogP contribution in [0.4, 0.5) is 0 Å². The summed E-state index contributed by atoms with van der Waals surface area (Å²) >= 11 is 0. The lowest BCUT2D eigenvalue weighted by Crippen LogP contribution is -1.97. The lowest BCUT2D eigenvalue weighted by molar-refractivity contribution is 0.481. The molecule has 18 heavy (non-hydrogen) atoms. The van der Waals surface area contributed by atoms with E-state index in [1.165, 1.54) is 5.56 Å². The van der Waals surface area contributed by atoms with Crippen LogP contribution in [0.3, 0.4) is 0 Å². The van der Waals surface area contributed by atoms with Crippen molar-refractivity contribution in [2.45, 2.75) is 13.5 Å². The molecule has 1 N–H and O–H groups in total. The van der Waals surface area contributed by atoms with Crippen LogP contribution in [0.25, 0.3) is 10.9 Å². The predicted octanol–water partition coefficient (Wildman–Crippen LogP) is 3.70. The van der Waals surface area contributed by atoms with Crippen LogP contribution in [0, 0.1) is 6.92 Å². The Morgan fingerprint density at radius 3 is 2.61 bits per heavy atom. The Morgan fingerprint density at radius 2 is 1.83 bits per heavy atom. The zero-order valence-corrected chi connectivity index (χ0v) is 10.3. The molecule has 2 nitrogen and oxygen atoms in total. The van der Waals surface area contributed by atoms with Gasteiger partial charge >= 0.3 is 0 Å². The number of hydrogen-bond acceptors (Lipinski definition) is 1. The highest BCUT2D eigenvalue weighted by molar-refractivity contribution is 5.87. The molecule has 1 heterocycles. The molecule has 0 aliphatic carbocycles. The molecule has 2 heteroatoms. The fourth-order valence-corrected chi connectivity index (χ4v) is 2.33. The molecule has 3 aromatic rings. The molecule has 0 atom stereocenters. The van der Waals surface area contributed by atoms with Gasteiger partial charge in [0.15, 0.2) is 0 Å². The summed E-state index contributed by atoms with van der Waals surface area (Å²) in [5.41, 5.74) is 3.42. The second kappa shape index (κ2) is 4.22. The van der Waals surface area contributed by atoms with E-state index in [4.69, 9.17) is 0 Å². The maximum Gasteiger partial charge on any atom is 0.125 e. The summed E-state index contributed by atoms with van der Waals surface area (Å²) in [6, 6.07) is 16.2. The van der Waals surface area contributed by atoms with Gasteiger partial charge in [-0.2, -0.15) is 0 Å². The maximum atomic E-state index is 9.92. The van der Waals surface area contributed by atoms with Crippen molar-refractivity contribution in [2.24, 2.45) is 0 Å². The second-order valence-electron chi connectivity index (χ2n) is 4.65. The van der Waals surface area contributed by atoms with Crippen LogP contribution < -0.4 is 0 Å². The third-order valence-electron chi connectivity index (χ3n) is 3.21. The number of hydrogen-bond donors (Lipinski definition) is 1. The van der Waals surface area contributed by atoms with Crippen molar-refractivity contribution in [3.05, 3.63) is 65.9 Å². The Hall–Kier alpha value is -2.22. The largest absolute Gasteiger partial charge is 0.507 e. The van der Waals surface area contributed by atoms with E-state index < -0.39 is 0 Å². The van der Waals surface area contributed by atoms with Crippen LogP contribution in [-0.2, 0) is 6.54 Å². The molecule has 0 unspecified atom stereocenters. The Bertz CT molecular complexity index is 683. The molecule has 0 saturated carbocycles. The number of fused-ring (bicyclic) bond motifs is 1. The molecule has 0 radical (unpaired) electrons. The topological polar surface area (TPSA) is 25.2 Å². The number of aromatic nitrogens is 1. The third-order valence-corrected chi connectivity index (χ3v) is 3.21. The lowest BCUT2D eigenvalue weighted by Gasteiger charge is -2.07. The number of phenols is 1. The van der Waals surface area contributed by atoms with E-state index in [0.29, 0.717) is 5.75 Å². The van der Waals surface area contributed by atoms with Gasteiger partial charge in [-0.05, 0) is 36.2 Å². The summed E-state index contributed by atoms with van der Waals surface area (Å²) in [7, 11) is 0. The minimum Gasteiger partial charge on any atom is -0.507 e. The normalized spacial score (nSPS) is 10.9. The number of phenolic OH excluding ortho intramolecular Hbond substituents is 1. The molecular formula is C16H15NO. The quantitative estimate of drug-likeness (QED) is 0.722. The van der Waals surface area contributed by atoms with Gasteiger partial charge in [0.25, 0.3) is 0 Å². The van der Waals surface area contributed by atoms with E-state index in [2.05, 4.69) is 22.8 Å². The first kappa shape index (κ1) is 10.9. The smallest absolute Gasteiger partial charge is 0.125 e. The molecule has 0 bridgehead atoms. The maximum absolute atomic E-state index is 9.92. The summed E-state index contributed by atoms with van der Waals surface area (Å²) in [5, 5.41) is 10.8. The highest BCUT2D eigenvalue weighted by atomic mass is 16.3. The van der Waals surface area contributed by atoms with Gasteiger partial charge in [-0.1, -0.05) is 30.3 Å². The Morgan fingerprint density at radius 1 is 1.06 bits per heavy atom. The predicted molar refractivity (Wildman–Crippen MR) is 73.9 cm³/mol. The average molecular weight is 237 g/mol. The molecule has 1 aromatic heterocycles. The number of benzene rings is 2. The summed E-state index contributed by atoms with van der Waals surface area (Å²) in [4.78, 5) is 0. The third kappa shape index (κ3) is 1.86. The van der Waals surface area contributed by atoms with Crippen molar-refractivity contribution >= 4 is 10.9 Å². The number of aromatic hydroxyl groups is 1. The van der Waals surface area contributed by atoms with Crippen LogP contribution in [0.5, 0.6) is 5.75 Å². The van der Waals surface area contributed by atoms with Gasteiger partial charge in [0.2, 0.25) is 0 Å². The van der Waals surface area contributed by atoms with E-state index in [-0.39, 0.29) is 0 Å². The first-order chi connectivity index (χ1) is 8.74. The van der Waals surface area contributed by atoms with Crippen molar-refractivity contribution in [1.29, 1.82) is 0 Å². The first-order valence-corrected chi connectivity index (χ1v) is 6.06. The SMILES string of the molecule is Cc1cc(O)c2ccn(Cc3ccccc3)c2c1. The number of aryl methyl sites for hydroxylation is 1. The van der Waals surface area contributed by atoms with Crippen LogP contribution in [0.15, 0.2) is 54.7 Å². The van der Waals surface area contributed by atoms with Gasteiger partial charge in [-0.15, -0.1) is 0 Å². The number of nitrogens with zero attached hydrogens (tertiary/aromatic N) is 1. The molecule has 0 spiro atoms. The van der Waals surface area contributed by atoms with Gasteiger partial charge in [0.1, 0.15) is 5.75 Å². The van der Waals surface area contributed by atoms with Crippen LogP contribution in [-0.4, -0.2) is 9.67 Å². The monoisotopic (exact) mass is 237 g/mol. The minimum absolute atomic E-state index is 0.358. The van der Waals surface area contributed by atoms with Crippen molar-refractivity contribution in [1.82, 2.24) is 4.57 Å². The fourth-order valence-electron chi connectivity index (χ4n) is 2.33. The molecule has 0 saturated heterocycles. The van der Waals surface area contributed by atoms with E-state index in [1.807, 2.05) is 37.4 Å². The van der Waals surface area contributed by atoms with Crippen LogP contribution >= 0.6 is 0 Å². The standard InChI is InChI=1S/C16H15NO/c1-12-9-15-14(16(18)10-12)7-8-17(15)11-13-5-3-2-4-6-13/h2-10,18H,11H2,1H3. The van der Waals surface area contributed by atoms with Crippen LogP contribution in [0.1, 0.15) is 11.1 Å². The van der Waals surface area contributed by atoms with Crippen molar-refractivity contribution < 1.29 is 5.11 Å². The molecule has 2 aromatic carbocycles.